The zero-order valence-corrected chi connectivity index (χ0v) is 13.9. The quantitative estimate of drug-likeness (QED) is 0.325. The molecular formula is C14H10INO4S. The summed E-state index contributed by atoms with van der Waals surface area (Å²) in [6, 6.07) is 11.7. The molecule has 0 bridgehead atoms. The van der Waals surface area contributed by atoms with Gasteiger partial charge < -0.3 is 4.74 Å². The van der Waals surface area contributed by atoms with Crippen LogP contribution >= 0.6 is 34.4 Å². The first-order valence-corrected chi connectivity index (χ1v) is 7.71. The number of nitro groups is 1. The highest BCUT2D eigenvalue weighted by Gasteiger charge is 2.11. The van der Waals surface area contributed by atoms with Crippen LogP contribution in [0.25, 0.3) is 0 Å². The molecule has 0 saturated heterocycles. The first kappa shape index (κ1) is 15.8. The monoisotopic (exact) mass is 415 g/mol. The number of benzene rings is 2. The Labute approximate surface area is 139 Å². The zero-order valence-electron chi connectivity index (χ0n) is 10.9. The van der Waals surface area contributed by atoms with Crippen LogP contribution in [0, 0.1) is 13.7 Å². The minimum Gasteiger partial charge on any atom is -0.465 e. The van der Waals surface area contributed by atoms with Gasteiger partial charge in [-0.15, -0.1) is 0 Å². The summed E-state index contributed by atoms with van der Waals surface area (Å²) in [6.45, 7) is 0. The fraction of sp³-hybridized carbons (Fsp3) is 0.0714. The molecular weight excluding hydrogens is 405 g/mol. The Bertz CT molecular complexity index is 688. The number of carbonyl (C=O) groups is 1. The Hall–Kier alpha value is -1.61. The molecule has 0 aromatic heterocycles. The highest BCUT2D eigenvalue weighted by atomic mass is 127. The molecule has 0 aliphatic carbocycles. The Morgan fingerprint density at radius 2 is 1.81 bits per heavy atom. The van der Waals surface area contributed by atoms with Crippen molar-refractivity contribution >= 4 is 46.0 Å². The lowest BCUT2D eigenvalue weighted by Gasteiger charge is -2.06. The number of esters is 1. The van der Waals surface area contributed by atoms with Crippen molar-refractivity contribution in [3.63, 3.8) is 0 Å². The minimum atomic E-state index is -0.428. The average molecular weight is 415 g/mol. The van der Waals surface area contributed by atoms with Gasteiger partial charge in [-0.1, -0.05) is 11.8 Å². The largest absolute Gasteiger partial charge is 0.465 e. The second kappa shape index (κ2) is 6.90. The number of non-ortho nitro benzene ring substituents is 1. The van der Waals surface area contributed by atoms with Crippen molar-refractivity contribution in [1.29, 1.82) is 0 Å². The standard InChI is InChI=1S/C14H10INO4S/c1-20-14(17)12-7-6-11(8-13(12)15)21-10-4-2-9(3-5-10)16(18)19/h2-8H,1H3. The molecule has 2 aromatic carbocycles. The Morgan fingerprint density at radius 3 is 2.33 bits per heavy atom. The third kappa shape index (κ3) is 3.94. The molecule has 0 aliphatic rings. The smallest absolute Gasteiger partial charge is 0.338 e. The van der Waals surface area contributed by atoms with Gasteiger partial charge in [0.2, 0.25) is 0 Å². The number of halogens is 1. The lowest BCUT2D eigenvalue weighted by molar-refractivity contribution is -0.384. The van der Waals surface area contributed by atoms with Crippen molar-refractivity contribution in [2.75, 3.05) is 7.11 Å². The summed E-state index contributed by atoms with van der Waals surface area (Å²) >= 11 is 3.55. The molecule has 0 unspecified atom stereocenters. The lowest BCUT2D eigenvalue weighted by Crippen LogP contribution is -2.03. The number of rotatable bonds is 4. The number of hydrogen-bond acceptors (Lipinski definition) is 5. The van der Waals surface area contributed by atoms with Crippen LogP contribution < -0.4 is 0 Å². The van der Waals surface area contributed by atoms with Crippen LogP contribution in [-0.4, -0.2) is 18.0 Å². The summed E-state index contributed by atoms with van der Waals surface area (Å²) in [5, 5.41) is 10.6. The summed E-state index contributed by atoms with van der Waals surface area (Å²) in [5.41, 5.74) is 0.584. The van der Waals surface area contributed by atoms with Crippen molar-refractivity contribution in [3.8, 4) is 0 Å². The molecule has 0 spiro atoms. The molecule has 0 radical (unpaired) electrons. The van der Waals surface area contributed by atoms with E-state index in [1.165, 1.54) is 31.0 Å². The van der Waals surface area contributed by atoms with E-state index in [2.05, 4.69) is 22.6 Å². The van der Waals surface area contributed by atoms with Gasteiger partial charge in [0.1, 0.15) is 0 Å². The van der Waals surface area contributed by atoms with Crippen LogP contribution in [0.4, 0.5) is 5.69 Å². The average Bonchev–Trinajstić information content (AvgIpc) is 2.47. The Balaban J connectivity index is 2.18. The van der Waals surface area contributed by atoms with Crippen molar-refractivity contribution in [3.05, 3.63) is 61.7 Å². The molecule has 7 heteroatoms. The molecule has 0 heterocycles. The summed E-state index contributed by atoms with van der Waals surface area (Å²) in [7, 11) is 1.35. The topological polar surface area (TPSA) is 69.4 Å². The van der Waals surface area contributed by atoms with Gasteiger partial charge in [-0.2, -0.15) is 0 Å². The zero-order chi connectivity index (χ0) is 15.4. The van der Waals surface area contributed by atoms with E-state index in [9.17, 15) is 14.9 Å². The van der Waals surface area contributed by atoms with Gasteiger partial charge in [0.05, 0.1) is 17.6 Å². The number of nitrogens with zero attached hydrogens (tertiary/aromatic N) is 1. The highest BCUT2D eigenvalue weighted by Crippen LogP contribution is 2.31. The van der Waals surface area contributed by atoms with Gasteiger partial charge in [-0.3, -0.25) is 10.1 Å². The first-order chi connectivity index (χ1) is 10.0. The van der Waals surface area contributed by atoms with E-state index in [0.717, 1.165) is 13.4 Å². The first-order valence-electron chi connectivity index (χ1n) is 5.81. The predicted octanol–water partition coefficient (Wildman–Crippen LogP) is 4.14. The van der Waals surface area contributed by atoms with Crippen LogP contribution in [0.3, 0.4) is 0 Å². The molecule has 0 N–H and O–H groups in total. The van der Waals surface area contributed by atoms with Crippen molar-refractivity contribution in [2.45, 2.75) is 9.79 Å². The van der Waals surface area contributed by atoms with Gasteiger partial charge in [-0.05, 0) is 52.9 Å². The lowest BCUT2D eigenvalue weighted by atomic mass is 10.2. The SMILES string of the molecule is COC(=O)c1ccc(Sc2ccc([N+](=O)[O-])cc2)cc1I. The molecule has 0 amide bonds. The molecule has 21 heavy (non-hydrogen) atoms. The van der Waals surface area contributed by atoms with Crippen LogP contribution in [0.15, 0.2) is 52.3 Å². The van der Waals surface area contributed by atoms with E-state index in [4.69, 9.17) is 4.74 Å². The Morgan fingerprint density at radius 1 is 1.19 bits per heavy atom. The molecule has 2 aromatic rings. The third-order valence-corrected chi connectivity index (χ3v) is 4.52. The molecule has 0 saturated carbocycles. The number of nitro benzene ring substituents is 1. The molecule has 2 rings (SSSR count). The van der Waals surface area contributed by atoms with Crippen molar-refractivity contribution in [2.24, 2.45) is 0 Å². The molecule has 5 nitrogen and oxygen atoms in total. The predicted molar refractivity (Wildman–Crippen MR) is 87.7 cm³/mol. The van der Waals surface area contributed by atoms with Crippen LogP contribution in [-0.2, 0) is 4.74 Å². The normalized spacial score (nSPS) is 10.2. The van der Waals surface area contributed by atoms with Gasteiger partial charge in [0, 0.05) is 25.5 Å². The maximum atomic E-state index is 11.5. The second-order valence-corrected chi connectivity index (χ2v) is 6.30. The van der Waals surface area contributed by atoms with Gasteiger partial charge in [-0.25, -0.2) is 4.79 Å². The van der Waals surface area contributed by atoms with Crippen molar-refractivity contribution in [1.82, 2.24) is 0 Å². The minimum absolute atomic E-state index is 0.0648. The number of hydrogen-bond donors (Lipinski definition) is 0. The third-order valence-electron chi connectivity index (χ3n) is 2.63. The summed E-state index contributed by atoms with van der Waals surface area (Å²) in [4.78, 5) is 23.5. The highest BCUT2D eigenvalue weighted by molar-refractivity contribution is 14.1. The van der Waals surface area contributed by atoms with Crippen LogP contribution in [0.5, 0.6) is 0 Å². The molecule has 0 aliphatic heterocycles. The molecule has 0 atom stereocenters. The second-order valence-electron chi connectivity index (χ2n) is 3.99. The summed E-state index contributed by atoms with van der Waals surface area (Å²) < 4.78 is 5.49. The van der Waals surface area contributed by atoms with Crippen LogP contribution in [0.2, 0.25) is 0 Å². The number of methoxy groups -OCH3 is 1. The number of carbonyl (C=O) groups excluding carboxylic acids is 1. The fourth-order valence-electron chi connectivity index (χ4n) is 1.61. The molecule has 108 valence electrons. The van der Waals surface area contributed by atoms with Gasteiger partial charge in [0.25, 0.3) is 5.69 Å². The van der Waals surface area contributed by atoms with E-state index >= 15 is 0 Å². The van der Waals surface area contributed by atoms with E-state index in [1.54, 1.807) is 18.2 Å². The van der Waals surface area contributed by atoms with E-state index < -0.39 is 4.92 Å². The van der Waals surface area contributed by atoms with Gasteiger partial charge in [0.15, 0.2) is 0 Å². The maximum Gasteiger partial charge on any atom is 0.338 e. The van der Waals surface area contributed by atoms with E-state index in [1.807, 2.05) is 12.1 Å². The summed E-state index contributed by atoms with van der Waals surface area (Å²) in [5.74, 6) is -0.369. The van der Waals surface area contributed by atoms with Gasteiger partial charge >= 0.3 is 5.97 Å². The molecule has 0 fully saturated rings. The van der Waals surface area contributed by atoms with E-state index in [-0.39, 0.29) is 11.7 Å². The summed E-state index contributed by atoms with van der Waals surface area (Å²) in [6.07, 6.45) is 0. The van der Waals surface area contributed by atoms with Crippen LogP contribution in [0.1, 0.15) is 10.4 Å². The van der Waals surface area contributed by atoms with E-state index in [0.29, 0.717) is 5.56 Å². The Kier molecular flexibility index (Phi) is 5.18. The fourth-order valence-corrected chi connectivity index (χ4v) is 3.41. The maximum absolute atomic E-state index is 11.5. The van der Waals surface area contributed by atoms with Crippen molar-refractivity contribution < 1.29 is 14.5 Å². The number of ether oxygens (including phenoxy) is 1.